The van der Waals surface area contributed by atoms with Crippen molar-refractivity contribution >= 4 is 33.1 Å². The maximum Gasteiger partial charge on any atom is 0.224 e. The van der Waals surface area contributed by atoms with Crippen molar-refractivity contribution in [2.75, 3.05) is 18.0 Å². The van der Waals surface area contributed by atoms with Crippen molar-refractivity contribution < 1.29 is 9.53 Å². The van der Waals surface area contributed by atoms with Crippen LogP contribution in [0.4, 0.5) is 5.69 Å². The third-order valence-electron chi connectivity index (χ3n) is 9.03. The fourth-order valence-electron chi connectivity index (χ4n) is 6.50. The van der Waals surface area contributed by atoms with E-state index in [1.807, 2.05) is 33.8 Å². The summed E-state index contributed by atoms with van der Waals surface area (Å²) >= 11 is 0. The molecule has 5 aromatic carbocycles. The van der Waals surface area contributed by atoms with Gasteiger partial charge in [0.25, 0.3) is 0 Å². The van der Waals surface area contributed by atoms with E-state index in [1.165, 1.54) is 27.1 Å². The predicted molar refractivity (Wildman–Crippen MR) is 184 cm³/mol. The lowest BCUT2D eigenvalue weighted by atomic mass is 9.92. The summed E-state index contributed by atoms with van der Waals surface area (Å²) in [4.78, 5) is 14.6. The molecule has 2 heterocycles. The fraction of sp³-hybridized carbons (Fsp3) is 0.256. The zero-order valence-electron chi connectivity index (χ0n) is 26.2. The van der Waals surface area contributed by atoms with Gasteiger partial charge in [-0.2, -0.15) is 0 Å². The van der Waals surface area contributed by atoms with E-state index < -0.39 is 0 Å². The van der Waals surface area contributed by atoms with Gasteiger partial charge < -0.3 is 15.0 Å². The number of ether oxygens (including phenoxy) is 1. The van der Waals surface area contributed by atoms with Gasteiger partial charge in [0.1, 0.15) is 0 Å². The standard InChI is InChI=1S/C39H39N5O2/c1-28(45)44(25-30-13-15-32-8-2-4-10-34(32)21-30)36-12-6-7-29(23-36)18-20-43-26-38(41-42-43)37-17-19-40-24-39(37)46-27-31-14-16-33-9-3-5-11-35(33)22-31/h2-16,21-23,26,37,39-40H,17-20,24-25,27H2,1H3. The van der Waals surface area contributed by atoms with Gasteiger partial charge in [-0.15, -0.1) is 5.10 Å². The maximum absolute atomic E-state index is 12.8. The van der Waals surface area contributed by atoms with Crippen molar-refractivity contribution in [3.05, 3.63) is 138 Å². The second kappa shape index (κ2) is 13.6. The molecule has 1 N–H and O–H groups in total. The van der Waals surface area contributed by atoms with Gasteiger partial charge in [0.2, 0.25) is 5.91 Å². The quantitative estimate of drug-likeness (QED) is 0.180. The minimum Gasteiger partial charge on any atom is -0.372 e. The second-order valence-electron chi connectivity index (χ2n) is 12.2. The number of nitrogens with one attached hydrogen (secondary N) is 1. The number of hydrogen-bond donors (Lipinski definition) is 1. The first-order chi connectivity index (χ1) is 22.6. The summed E-state index contributed by atoms with van der Waals surface area (Å²) in [5.74, 6) is 0.212. The van der Waals surface area contributed by atoms with Crippen molar-refractivity contribution in [3.8, 4) is 0 Å². The summed E-state index contributed by atoms with van der Waals surface area (Å²) in [5, 5.41) is 17.4. The van der Waals surface area contributed by atoms with E-state index in [4.69, 9.17) is 4.74 Å². The third kappa shape index (κ3) is 6.86. The molecule has 1 saturated heterocycles. The molecule has 0 spiro atoms. The number of aryl methyl sites for hydroxylation is 2. The van der Waals surface area contributed by atoms with Crippen LogP contribution >= 0.6 is 0 Å². The lowest BCUT2D eigenvalue weighted by Crippen LogP contribution is -2.41. The van der Waals surface area contributed by atoms with Gasteiger partial charge in [-0.05, 0) is 81.9 Å². The first kappa shape index (κ1) is 29.8. The maximum atomic E-state index is 12.8. The molecule has 0 aliphatic carbocycles. The Morgan fingerprint density at radius 3 is 2.33 bits per heavy atom. The smallest absolute Gasteiger partial charge is 0.224 e. The van der Waals surface area contributed by atoms with Crippen LogP contribution in [-0.4, -0.2) is 40.1 Å². The number of anilines is 1. The topological polar surface area (TPSA) is 72.3 Å². The highest BCUT2D eigenvalue weighted by molar-refractivity contribution is 5.92. The van der Waals surface area contributed by atoms with Crippen molar-refractivity contribution in [1.82, 2.24) is 20.3 Å². The number of fused-ring (bicyclic) bond motifs is 2. The highest BCUT2D eigenvalue weighted by atomic mass is 16.5. The molecule has 1 aliphatic rings. The van der Waals surface area contributed by atoms with Gasteiger partial charge in [0, 0.05) is 37.8 Å². The Morgan fingerprint density at radius 1 is 0.848 bits per heavy atom. The molecule has 232 valence electrons. The van der Waals surface area contributed by atoms with Crippen LogP contribution in [-0.2, 0) is 35.6 Å². The van der Waals surface area contributed by atoms with Crippen LogP contribution in [0.25, 0.3) is 21.5 Å². The molecule has 7 heteroatoms. The average Bonchev–Trinajstić information content (AvgIpc) is 3.58. The van der Waals surface area contributed by atoms with E-state index in [0.29, 0.717) is 19.7 Å². The number of carbonyl (C=O) groups is 1. The molecule has 6 aromatic rings. The SMILES string of the molecule is CC(=O)N(Cc1ccc2ccccc2c1)c1cccc(CCn2cc(C3CCNCC3OCc3ccc4ccccc4c3)nn2)c1. The van der Waals surface area contributed by atoms with E-state index in [1.54, 1.807) is 6.92 Å². The van der Waals surface area contributed by atoms with Crippen molar-refractivity contribution in [2.24, 2.45) is 0 Å². The highest BCUT2D eigenvalue weighted by Crippen LogP contribution is 2.28. The summed E-state index contributed by atoms with van der Waals surface area (Å²) in [5.41, 5.74) is 5.31. The Balaban J connectivity index is 0.990. The molecule has 7 nitrogen and oxygen atoms in total. The summed E-state index contributed by atoms with van der Waals surface area (Å²) < 4.78 is 8.40. The lowest BCUT2D eigenvalue weighted by molar-refractivity contribution is -0.116. The van der Waals surface area contributed by atoms with E-state index in [2.05, 4.69) is 107 Å². The minimum atomic E-state index is 0.0191. The fourth-order valence-corrected chi connectivity index (χ4v) is 6.50. The summed E-state index contributed by atoms with van der Waals surface area (Å²) in [6.45, 7) is 5.15. The number of rotatable bonds is 10. The van der Waals surface area contributed by atoms with Gasteiger partial charge >= 0.3 is 0 Å². The summed E-state index contributed by atoms with van der Waals surface area (Å²) in [6, 6.07) is 37.9. The van der Waals surface area contributed by atoms with Crippen molar-refractivity contribution in [3.63, 3.8) is 0 Å². The van der Waals surface area contributed by atoms with Crippen LogP contribution in [0, 0.1) is 0 Å². The van der Waals surface area contributed by atoms with Crippen LogP contribution in [0.3, 0.4) is 0 Å². The molecule has 2 unspecified atom stereocenters. The van der Waals surface area contributed by atoms with Crippen LogP contribution < -0.4 is 10.2 Å². The van der Waals surface area contributed by atoms with Gasteiger partial charge in [-0.1, -0.05) is 90.1 Å². The molecule has 0 bridgehead atoms. The predicted octanol–water partition coefficient (Wildman–Crippen LogP) is 7.04. The lowest BCUT2D eigenvalue weighted by Gasteiger charge is -2.30. The number of amides is 1. The Kier molecular flexibility index (Phi) is 8.85. The monoisotopic (exact) mass is 609 g/mol. The van der Waals surface area contributed by atoms with Crippen molar-refractivity contribution in [2.45, 2.75) is 51.5 Å². The van der Waals surface area contributed by atoms with Crippen LogP contribution in [0.5, 0.6) is 0 Å². The van der Waals surface area contributed by atoms with E-state index in [0.717, 1.165) is 48.4 Å². The Labute approximate surface area is 269 Å². The summed E-state index contributed by atoms with van der Waals surface area (Å²) in [6.07, 6.45) is 3.85. The first-order valence-electron chi connectivity index (χ1n) is 16.1. The van der Waals surface area contributed by atoms with Crippen LogP contribution in [0.15, 0.2) is 115 Å². The molecule has 46 heavy (non-hydrogen) atoms. The summed E-state index contributed by atoms with van der Waals surface area (Å²) in [7, 11) is 0. The van der Waals surface area contributed by atoms with E-state index in [9.17, 15) is 4.79 Å². The normalized spacial score (nSPS) is 16.5. The van der Waals surface area contributed by atoms with Crippen LogP contribution in [0.2, 0.25) is 0 Å². The van der Waals surface area contributed by atoms with Crippen LogP contribution in [0.1, 0.15) is 41.6 Å². The molecular weight excluding hydrogens is 570 g/mol. The molecule has 1 aliphatic heterocycles. The molecule has 2 atom stereocenters. The van der Waals surface area contributed by atoms with E-state index in [-0.39, 0.29) is 17.9 Å². The second-order valence-corrected chi connectivity index (χ2v) is 12.2. The van der Waals surface area contributed by atoms with Gasteiger partial charge in [-0.3, -0.25) is 9.48 Å². The number of aromatic nitrogens is 3. The van der Waals surface area contributed by atoms with Gasteiger partial charge in [0.05, 0.1) is 24.9 Å². The molecule has 1 aromatic heterocycles. The molecule has 0 saturated carbocycles. The largest absolute Gasteiger partial charge is 0.372 e. The Morgan fingerprint density at radius 2 is 1.57 bits per heavy atom. The zero-order chi connectivity index (χ0) is 31.3. The van der Waals surface area contributed by atoms with Gasteiger partial charge in [0.15, 0.2) is 0 Å². The molecule has 1 fully saturated rings. The van der Waals surface area contributed by atoms with E-state index >= 15 is 0 Å². The number of carbonyl (C=O) groups excluding carboxylic acids is 1. The number of piperidine rings is 1. The van der Waals surface area contributed by atoms with Crippen molar-refractivity contribution in [1.29, 1.82) is 0 Å². The molecule has 0 radical (unpaired) electrons. The Hall–Kier alpha value is -4.85. The number of hydrogen-bond acceptors (Lipinski definition) is 5. The van der Waals surface area contributed by atoms with Gasteiger partial charge in [-0.25, -0.2) is 0 Å². The molecule has 7 rings (SSSR count). The highest BCUT2D eigenvalue weighted by Gasteiger charge is 2.29. The zero-order valence-corrected chi connectivity index (χ0v) is 26.2. The average molecular weight is 610 g/mol. The Bertz CT molecular complexity index is 1970. The molecular formula is C39H39N5O2. The number of benzene rings is 5. The number of nitrogens with zero attached hydrogens (tertiary/aromatic N) is 4. The first-order valence-corrected chi connectivity index (χ1v) is 16.1. The molecule has 1 amide bonds. The third-order valence-corrected chi connectivity index (χ3v) is 9.03. The minimum absolute atomic E-state index is 0.0191.